The molecule has 0 saturated heterocycles. The summed E-state index contributed by atoms with van der Waals surface area (Å²) in [6.07, 6.45) is -5.23. The lowest BCUT2D eigenvalue weighted by Crippen LogP contribution is -2.44. The van der Waals surface area contributed by atoms with Crippen molar-refractivity contribution in [2.45, 2.75) is 32.0 Å². The van der Waals surface area contributed by atoms with Crippen LogP contribution in [0.4, 0.5) is 13.2 Å². The Hall–Kier alpha value is -1.80. The van der Waals surface area contributed by atoms with Crippen molar-refractivity contribution in [3.63, 3.8) is 0 Å². The fourth-order valence-corrected chi connectivity index (χ4v) is 0.978. The summed E-state index contributed by atoms with van der Waals surface area (Å²) in [4.78, 5) is 32.5. The molecule has 110 valence electrons. The molecule has 0 heterocycles. The third kappa shape index (κ3) is 8.01. The van der Waals surface area contributed by atoms with Crippen molar-refractivity contribution in [3.05, 3.63) is 0 Å². The molecule has 2 amide bonds. The maximum atomic E-state index is 11.9. The molecule has 0 unspecified atom stereocenters. The highest BCUT2D eigenvalue weighted by atomic mass is 19.4. The zero-order valence-corrected chi connectivity index (χ0v) is 10.5. The van der Waals surface area contributed by atoms with Crippen LogP contribution in [0.15, 0.2) is 0 Å². The van der Waals surface area contributed by atoms with Crippen molar-refractivity contribution >= 4 is 17.8 Å². The van der Waals surface area contributed by atoms with E-state index < -0.39 is 30.7 Å². The van der Waals surface area contributed by atoms with Gasteiger partial charge in [0.2, 0.25) is 5.91 Å². The fraction of sp³-hybridized carbons (Fsp3) is 0.700. The molecule has 0 aromatic carbocycles. The molecule has 6 nitrogen and oxygen atoms in total. The zero-order chi connectivity index (χ0) is 15.1. The summed E-state index contributed by atoms with van der Waals surface area (Å²) in [5, 5.41) is 3.93. The first-order valence-corrected chi connectivity index (χ1v) is 5.40. The number of halogens is 3. The number of ether oxygens (including phenoxy) is 1. The number of carbonyl (C=O) groups excluding carboxylic acids is 3. The third-order valence-corrected chi connectivity index (χ3v) is 1.96. The van der Waals surface area contributed by atoms with Crippen LogP contribution in [-0.2, 0) is 19.1 Å². The highest BCUT2D eigenvalue weighted by Crippen LogP contribution is 2.14. The second-order valence-corrected chi connectivity index (χ2v) is 3.73. The van der Waals surface area contributed by atoms with Crippen LogP contribution in [0.5, 0.6) is 0 Å². The van der Waals surface area contributed by atoms with Crippen LogP contribution in [0.2, 0.25) is 0 Å². The molecule has 19 heavy (non-hydrogen) atoms. The summed E-state index contributed by atoms with van der Waals surface area (Å²) in [6, 6.07) is -0.974. The van der Waals surface area contributed by atoms with E-state index in [0.29, 0.717) is 0 Å². The number of hydrogen-bond donors (Lipinski definition) is 2. The third-order valence-electron chi connectivity index (χ3n) is 1.96. The Kier molecular flexibility index (Phi) is 6.87. The molecule has 0 aliphatic carbocycles. The zero-order valence-electron chi connectivity index (χ0n) is 10.5. The minimum atomic E-state index is -4.97. The first kappa shape index (κ1) is 17.2. The summed E-state index contributed by atoms with van der Waals surface area (Å²) in [5.41, 5.74) is 0. The molecule has 2 N–H and O–H groups in total. The molecule has 0 saturated carbocycles. The highest BCUT2D eigenvalue weighted by Gasteiger charge is 2.39. The van der Waals surface area contributed by atoms with Crippen LogP contribution in [0.1, 0.15) is 19.8 Å². The molecular weight excluding hydrogens is 269 g/mol. The second-order valence-electron chi connectivity index (χ2n) is 3.73. The van der Waals surface area contributed by atoms with E-state index in [-0.39, 0.29) is 18.7 Å². The Morgan fingerprint density at radius 2 is 1.79 bits per heavy atom. The van der Waals surface area contributed by atoms with Gasteiger partial charge in [0.05, 0.1) is 12.5 Å². The normalized spacial score (nSPS) is 12.5. The van der Waals surface area contributed by atoms with Crippen LogP contribution in [0.3, 0.4) is 0 Å². The average Bonchev–Trinajstić information content (AvgIpc) is 2.32. The van der Waals surface area contributed by atoms with Gasteiger partial charge in [-0.3, -0.25) is 14.4 Å². The summed E-state index contributed by atoms with van der Waals surface area (Å²) < 4.78 is 40.3. The lowest BCUT2D eigenvalue weighted by atomic mass is 10.3. The second kappa shape index (κ2) is 7.59. The molecule has 0 spiro atoms. The highest BCUT2D eigenvalue weighted by molar-refractivity contribution is 5.82. The van der Waals surface area contributed by atoms with Crippen molar-refractivity contribution in [1.29, 1.82) is 0 Å². The number of rotatable bonds is 6. The Morgan fingerprint density at radius 3 is 2.26 bits per heavy atom. The smallest absolute Gasteiger partial charge is 0.463 e. The number of hydrogen-bond acceptors (Lipinski definition) is 4. The molecule has 0 fully saturated rings. The van der Waals surface area contributed by atoms with Gasteiger partial charge in [-0.25, -0.2) is 0 Å². The standard InChI is InChI=1S/C10H15F3N2O4/c1-6(15-9(18)10(11,12)13)5-19-8(17)4-3-7(16)14-2/h6H,3-5H2,1-2H3,(H,14,16)(H,15,18)/t6-/m0/s1. The van der Waals surface area contributed by atoms with Crippen LogP contribution in [-0.4, -0.2) is 43.7 Å². The summed E-state index contributed by atoms with van der Waals surface area (Å²) >= 11 is 0. The predicted octanol–water partition coefficient (Wildman–Crippen LogP) is 0.123. The molecule has 0 aliphatic rings. The Bertz CT molecular complexity index is 344. The van der Waals surface area contributed by atoms with Gasteiger partial charge in [-0.1, -0.05) is 0 Å². The molecule has 0 bridgehead atoms. The monoisotopic (exact) mass is 284 g/mol. The number of carbonyl (C=O) groups is 3. The van der Waals surface area contributed by atoms with Gasteiger partial charge in [0.1, 0.15) is 6.61 Å². The quantitative estimate of drug-likeness (QED) is 0.679. The van der Waals surface area contributed by atoms with Crippen LogP contribution in [0, 0.1) is 0 Å². The Labute approximate surface area is 107 Å². The van der Waals surface area contributed by atoms with Gasteiger partial charge in [0, 0.05) is 13.5 Å². The first-order valence-electron chi connectivity index (χ1n) is 5.40. The molecule has 0 rings (SSSR count). The van der Waals surface area contributed by atoms with Crippen LogP contribution < -0.4 is 10.6 Å². The lowest BCUT2D eigenvalue weighted by Gasteiger charge is -2.15. The summed E-state index contributed by atoms with van der Waals surface area (Å²) in [6.45, 7) is 0.865. The van der Waals surface area contributed by atoms with Gasteiger partial charge in [-0.2, -0.15) is 13.2 Å². The molecular formula is C10H15F3N2O4. The van der Waals surface area contributed by atoms with E-state index >= 15 is 0 Å². The fourth-order valence-electron chi connectivity index (χ4n) is 0.978. The van der Waals surface area contributed by atoms with Crippen LogP contribution in [0.25, 0.3) is 0 Å². The first-order chi connectivity index (χ1) is 8.66. The molecule has 0 radical (unpaired) electrons. The molecule has 0 aromatic rings. The van der Waals surface area contributed by atoms with E-state index in [2.05, 4.69) is 10.1 Å². The largest absolute Gasteiger partial charge is 0.471 e. The summed E-state index contributed by atoms with van der Waals surface area (Å²) in [7, 11) is 1.41. The molecule has 0 aliphatic heterocycles. The van der Waals surface area contributed by atoms with Crippen molar-refractivity contribution in [3.8, 4) is 0 Å². The van der Waals surface area contributed by atoms with E-state index in [1.54, 1.807) is 5.32 Å². The van der Waals surface area contributed by atoms with Crippen molar-refractivity contribution in [2.24, 2.45) is 0 Å². The molecule has 9 heteroatoms. The van der Waals surface area contributed by atoms with Gasteiger partial charge in [0.15, 0.2) is 0 Å². The summed E-state index contributed by atoms with van der Waals surface area (Å²) in [5.74, 6) is -3.17. The lowest BCUT2D eigenvalue weighted by molar-refractivity contribution is -0.174. The molecule has 1 atom stereocenters. The Morgan fingerprint density at radius 1 is 1.21 bits per heavy atom. The predicted molar refractivity (Wildman–Crippen MR) is 57.9 cm³/mol. The van der Waals surface area contributed by atoms with Gasteiger partial charge < -0.3 is 15.4 Å². The SMILES string of the molecule is CNC(=O)CCC(=O)OC[C@H](C)NC(=O)C(F)(F)F. The van der Waals surface area contributed by atoms with Gasteiger partial charge in [-0.05, 0) is 6.92 Å². The number of nitrogens with one attached hydrogen (secondary N) is 2. The number of amides is 2. The average molecular weight is 284 g/mol. The van der Waals surface area contributed by atoms with E-state index in [4.69, 9.17) is 0 Å². The van der Waals surface area contributed by atoms with E-state index in [0.717, 1.165) is 0 Å². The minimum Gasteiger partial charge on any atom is -0.463 e. The topological polar surface area (TPSA) is 84.5 Å². The maximum Gasteiger partial charge on any atom is 0.471 e. The van der Waals surface area contributed by atoms with Crippen molar-refractivity contribution < 1.29 is 32.3 Å². The van der Waals surface area contributed by atoms with E-state index in [1.165, 1.54) is 14.0 Å². The van der Waals surface area contributed by atoms with Crippen LogP contribution >= 0.6 is 0 Å². The van der Waals surface area contributed by atoms with Gasteiger partial charge in [-0.15, -0.1) is 0 Å². The van der Waals surface area contributed by atoms with E-state index in [9.17, 15) is 27.6 Å². The minimum absolute atomic E-state index is 0.0708. The Balaban J connectivity index is 3.90. The maximum absolute atomic E-state index is 11.9. The van der Waals surface area contributed by atoms with Crippen molar-refractivity contribution in [1.82, 2.24) is 10.6 Å². The van der Waals surface area contributed by atoms with Gasteiger partial charge in [0.25, 0.3) is 0 Å². The van der Waals surface area contributed by atoms with Crippen molar-refractivity contribution in [2.75, 3.05) is 13.7 Å². The number of alkyl halides is 3. The van der Waals surface area contributed by atoms with E-state index in [1.807, 2.05) is 0 Å². The molecule has 0 aromatic heterocycles. The number of esters is 1. The van der Waals surface area contributed by atoms with Gasteiger partial charge >= 0.3 is 18.1 Å².